The summed E-state index contributed by atoms with van der Waals surface area (Å²) < 4.78 is 5.41. The number of carbonyl (C=O) groups excluding carboxylic acids is 1. The molecule has 0 heterocycles. The lowest BCUT2D eigenvalue weighted by atomic mass is 10.1. The monoisotopic (exact) mass is 356 g/mol. The Balaban J connectivity index is 3.83. The molecular weight excluding hydrogens is 316 g/mol. The molecule has 0 saturated carbocycles. The van der Waals surface area contributed by atoms with Gasteiger partial charge in [-0.3, -0.25) is 9.59 Å². The fourth-order valence-corrected chi connectivity index (χ4v) is 3.02. The van der Waals surface area contributed by atoms with E-state index in [2.05, 4.69) is 13.8 Å². The van der Waals surface area contributed by atoms with E-state index in [1.165, 1.54) is 57.8 Å². The number of carboxylic acids is 1. The number of unbranched alkanes of at least 4 members (excludes halogenated alkanes) is 11. The van der Waals surface area contributed by atoms with Gasteiger partial charge >= 0.3 is 11.9 Å². The van der Waals surface area contributed by atoms with E-state index in [1.54, 1.807) is 0 Å². The molecule has 4 heteroatoms. The highest BCUT2D eigenvalue weighted by molar-refractivity contribution is 5.71. The number of hydrogen-bond acceptors (Lipinski definition) is 3. The molecule has 0 aliphatic heterocycles. The summed E-state index contributed by atoms with van der Waals surface area (Å²) in [5.74, 6) is -1.12. The molecule has 0 radical (unpaired) electrons. The van der Waals surface area contributed by atoms with Crippen molar-refractivity contribution in [3.05, 3.63) is 0 Å². The van der Waals surface area contributed by atoms with Crippen LogP contribution in [0.2, 0.25) is 0 Å². The van der Waals surface area contributed by atoms with Crippen LogP contribution in [0.4, 0.5) is 0 Å². The average molecular weight is 357 g/mol. The predicted octanol–water partition coefficient (Wildman–Crippen LogP) is 6.26. The normalized spacial score (nSPS) is 12.1. The van der Waals surface area contributed by atoms with Gasteiger partial charge < -0.3 is 9.84 Å². The number of hydrogen-bond donors (Lipinski definition) is 1. The maximum atomic E-state index is 11.9. The van der Waals surface area contributed by atoms with Crippen LogP contribution in [-0.4, -0.2) is 23.1 Å². The van der Waals surface area contributed by atoms with Crippen molar-refractivity contribution < 1.29 is 19.4 Å². The van der Waals surface area contributed by atoms with Crippen LogP contribution in [0.25, 0.3) is 0 Å². The first-order chi connectivity index (χ1) is 12.1. The summed E-state index contributed by atoms with van der Waals surface area (Å²) in [7, 11) is 0. The number of carboxylic acid groups (broad SMARTS) is 1. The van der Waals surface area contributed by atoms with E-state index in [0.717, 1.165) is 25.7 Å². The van der Waals surface area contributed by atoms with Gasteiger partial charge in [0.15, 0.2) is 0 Å². The molecule has 1 unspecified atom stereocenters. The van der Waals surface area contributed by atoms with Gasteiger partial charge in [-0.05, 0) is 19.3 Å². The minimum absolute atomic E-state index is 0.0717. The maximum absolute atomic E-state index is 11.9. The standard InChI is InChI=1S/C21H40O4/c1-3-5-7-9-11-13-15-17-21(24)25-19(18-20(22)23)16-14-12-10-8-6-4-2/h19H,3-18H2,1-2H3,(H,22,23). The first-order valence-corrected chi connectivity index (χ1v) is 10.5. The minimum atomic E-state index is -0.889. The van der Waals surface area contributed by atoms with Gasteiger partial charge in [-0.25, -0.2) is 0 Å². The molecule has 0 fully saturated rings. The predicted molar refractivity (Wildman–Crippen MR) is 103 cm³/mol. The van der Waals surface area contributed by atoms with Crippen molar-refractivity contribution in [2.24, 2.45) is 0 Å². The van der Waals surface area contributed by atoms with Crippen LogP contribution in [-0.2, 0) is 14.3 Å². The SMILES string of the molecule is CCCCCCCCCC(=O)OC(CCCCCCCC)CC(=O)O. The Labute approximate surface area is 154 Å². The van der Waals surface area contributed by atoms with Gasteiger partial charge in [0.2, 0.25) is 0 Å². The van der Waals surface area contributed by atoms with Gasteiger partial charge in [-0.2, -0.15) is 0 Å². The summed E-state index contributed by atoms with van der Waals surface area (Å²) in [5, 5.41) is 9.00. The third kappa shape index (κ3) is 17.6. The fourth-order valence-electron chi connectivity index (χ4n) is 3.02. The molecule has 25 heavy (non-hydrogen) atoms. The molecule has 0 aliphatic carbocycles. The highest BCUT2D eigenvalue weighted by Gasteiger charge is 2.17. The molecule has 148 valence electrons. The lowest BCUT2D eigenvalue weighted by Crippen LogP contribution is -2.21. The zero-order valence-corrected chi connectivity index (χ0v) is 16.6. The Morgan fingerprint density at radius 3 is 1.76 bits per heavy atom. The zero-order valence-electron chi connectivity index (χ0n) is 16.6. The van der Waals surface area contributed by atoms with Gasteiger partial charge in [0.25, 0.3) is 0 Å². The van der Waals surface area contributed by atoms with Crippen molar-refractivity contribution in [1.82, 2.24) is 0 Å². The van der Waals surface area contributed by atoms with E-state index >= 15 is 0 Å². The van der Waals surface area contributed by atoms with E-state index in [1.807, 2.05) is 0 Å². The third-order valence-corrected chi connectivity index (χ3v) is 4.56. The summed E-state index contributed by atoms with van der Waals surface area (Å²) in [5.41, 5.74) is 0. The van der Waals surface area contributed by atoms with E-state index in [4.69, 9.17) is 9.84 Å². The Bertz CT molecular complexity index is 328. The van der Waals surface area contributed by atoms with Crippen LogP contribution in [0.15, 0.2) is 0 Å². The number of carbonyl (C=O) groups is 2. The third-order valence-electron chi connectivity index (χ3n) is 4.56. The van der Waals surface area contributed by atoms with E-state index in [-0.39, 0.29) is 12.4 Å². The van der Waals surface area contributed by atoms with Gasteiger partial charge in [0, 0.05) is 6.42 Å². The number of aliphatic carboxylic acids is 1. The summed E-state index contributed by atoms with van der Waals surface area (Å²) >= 11 is 0. The highest BCUT2D eigenvalue weighted by atomic mass is 16.5. The molecule has 0 amide bonds. The minimum Gasteiger partial charge on any atom is -0.481 e. The maximum Gasteiger partial charge on any atom is 0.307 e. The van der Waals surface area contributed by atoms with Crippen LogP contribution in [0.3, 0.4) is 0 Å². The van der Waals surface area contributed by atoms with Crippen molar-refractivity contribution >= 4 is 11.9 Å². The molecule has 1 atom stereocenters. The molecule has 0 aliphatic rings. The fraction of sp³-hybridized carbons (Fsp3) is 0.905. The van der Waals surface area contributed by atoms with Gasteiger partial charge in [0.1, 0.15) is 6.10 Å². The lowest BCUT2D eigenvalue weighted by molar-refractivity contribution is -0.153. The van der Waals surface area contributed by atoms with Crippen molar-refractivity contribution in [2.75, 3.05) is 0 Å². The molecular formula is C21H40O4. The summed E-state index contributed by atoms with van der Waals surface area (Å²) in [4.78, 5) is 22.9. The highest BCUT2D eigenvalue weighted by Crippen LogP contribution is 2.15. The molecule has 0 aromatic carbocycles. The van der Waals surface area contributed by atoms with E-state index in [0.29, 0.717) is 12.8 Å². The van der Waals surface area contributed by atoms with Crippen molar-refractivity contribution in [2.45, 2.75) is 123 Å². The number of rotatable bonds is 18. The summed E-state index contributed by atoms with van der Waals surface area (Å²) in [6.45, 7) is 4.39. The molecule has 0 bridgehead atoms. The Hall–Kier alpha value is -1.06. The molecule has 4 nitrogen and oxygen atoms in total. The Morgan fingerprint density at radius 2 is 1.24 bits per heavy atom. The molecule has 0 spiro atoms. The largest absolute Gasteiger partial charge is 0.481 e. The topological polar surface area (TPSA) is 63.6 Å². The summed E-state index contributed by atoms with van der Waals surface area (Å²) in [6, 6.07) is 0. The first kappa shape index (κ1) is 23.9. The van der Waals surface area contributed by atoms with Crippen molar-refractivity contribution in [1.29, 1.82) is 0 Å². The van der Waals surface area contributed by atoms with Gasteiger partial charge in [0.05, 0.1) is 6.42 Å². The van der Waals surface area contributed by atoms with Crippen LogP contribution in [0, 0.1) is 0 Å². The number of esters is 1. The molecule has 1 N–H and O–H groups in total. The summed E-state index contributed by atoms with van der Waals surface area (Å²) in [6.07, 6.45) is 15.6. The smallest absolute Gasteiger partial charge is 0.307 e. The van der Waals surface area contributed by atoms with Crippen LogP contribution in [0.5, 0.6) is 0 Å². The van der Waals surface area contributed by atoms with E-state index < -0.39 is 12.1 Å². The zero-order chi connectivity index (χ0) is 18.8. The lowest BCUT2D eigenvalue weighted by Gasteiger charge is -2.16. The molecule has 0 saturated heterocycles. The molecule has 0 rings (SSSR count). The van der Waals surface area contributed by atoms with E-state index in [9.17, 15) is 9.59 Å². The average Bonchev–Trinajstić information content (AvgIpc) is 2.56. The van der Waals surface area contributed by atoms with Gasteiger partial charge in [-0.15, -0.1) is 0 Å². The second-order valence-corrected chi connectivity index (χ2v) is 7.14. The Morgan fingerprint density at radius 1 is 0.760 bits per heavy atom. The van der Waals surface area contributed by atoms with Crippen molar-refractivity contribution in [3.8, 4) is 0 Å². The van der Waals surface area contributed by atoms with Crippen LogP contribution < -0.4 is 0 Å². The quantitative estimate of drug-likeness (QED) is 0.232. The Kier molecular flexibility index (Phi) is 17.0. The molecule has 0 aromatic rings. The second-order valence-electron chi connectivity index (χ2n) is 7.14. The van der Waals surface area contributed by atoms with Crippen molar-refractivity contribution in [3.63, 3.8) is 0 Å². The van der Waals surface area contributed by atoms with Crippen LogP contribution >= 0.6 is 0 Å². The second kappa shape index (κ2) is 17.8. The first-order valence-electron chi connectivity index (χ1n) is 10.5. The number of ether oxygens (including phenoxy) is 1. The van der Waals surface area contributed by atoms with Crippen LogP contribution in [0.1, 0.15) is 117 Å². The molecule has 0 aromatic heterocycles. The van der Waals surface area contributed by atoms with Gasteiger partial charge in [-0.1, -0.05) is 84.5 Å².